The molecule has 12 unspecified atom stereocenters. The lowest BCUT2D eigenvalue weighted by atomic mass is 9.62. The predicted octanol–water partition coefficient (Wildman–Crippen LogP) is 12.5. The lowest BCUT2D eigenvalue weighted by molar-refractivity contribution is -0.203. The third-order valence-electron chi connectivity index (χ3n) is 21.3. The number of carbonyl (C=O) groups excluding carboxylic acids is 10. The Kier molecular flexibility index (Phi) is 41.0. The summed E-state index contributed by atoms with van der Waals surface area (Å²) in [5.41, 5.74) is 0. The second kappa shape index (κ2) is 49.4. The Labute approximate surface area is 616 Å². The normalized spacial score (nSPS) is 26.3. The molecule has 24 heteroatoms. The molecule has 0 aromatic carbocycles. The van der Waals surface area contributed by atoms with Crippen molar-refractivity contribution in [3.05, 3.63) is 50.6 Å². The summed E-state index contributed by atoms with van der Waals surface area (Å²) in [5, 5.41) is 0. The van der Waals surface area contributed by atoms with E-state index in [1.165, 1.54) is 0 Å². The summed E-state index contributed by atoms with van der Waals surface area (Å²) < 4.78 is 82.8. The zero-order chi connectivity index (χ0) is 74.9. The standard InChI is InChI=1S/C80H122O24/c1-7-13-43-99-79(89)73(103-77(87)71-63-39-27-57(53-55(63)29-41-65(71)93-47-19-15-17-21-49-95-67(81)9-3)75(85)101-61-35-31-59(32-36-61)91-45-23-25-51-97-69(83)11-5)74(80(90)100-44-14-8-2)104-78(88)72-64-40-28-58(54-56(64)30-42-66(72)94-48-20-16-18-22-50-96-68(82)10-4)76(86)102-62-37-33-60(34-38-62)92-46-24-26-52-98-70(84)12-6/h9-12,55-66,71-74H,3-8,13-54H2,1-2H3. The fourth-order valence-electron chi connectivity index (χ4n) is 15.6. The number of hydrogen-bond donors (Lipinski definition) is 0. The number of carbonyl (C=O) groups is 10. The van der Waals surface area contributed by atoms with Crippen molar-refractivity contribution in [1.82, 2.24) is 0 Å². The van der Waals surface area contributed by atoms with Gasteiger partial charge in [-0.2, -0.15) is 0 Å². The number of esters is 10. The first-order valence-corrected chi connectivity index (χ1v) is 39.3. The van der Waals surface area contributed by atoms with Crippen LogP contribution in [-0.4, -0.2) is 175 Å². The van der Waals surface area contributed by atoms with Crippen molar-refractivity contribution in [3.63, 3.8) is 0 Å². The van der Waals surface area contributed by atoms with Gasteiger partial charge in [-0.05, 0) is 216 Å². The molecule has 24 nitrogen and oxygen atoms in total. The average molecular weight is 1470 g/mol. The number of unbranched alkanes of at least 4 members (excludes halogenated alkanes) is 10. The Morgan fingerprint density at radius 1 is 0.317 bits per heavy atom. The molecular formula is C80H122O24. The quantitative estimate of drug-likeness (QED) is 0.0236. The molecule has 0 spiro atoms. The molecule has 0 radical (unpaired) electrons. The van der Waals surface area contributed by atoms with Crippen LogP contribution in [0.3, 0.4) is 0 Å². The summed E-state index contributed by atoms with van der Waals surface area (Å²) in [4.78, 5) is 135. The zero-order valence-electron chi connectivity index (χ0n) is 62.3. The molecule has 586 valence electrons. The fraction of sp³-hybridized carbons (Fsp3) is 0.775. The van der Waals surface area contributed by atoms with Gasteiger partial charge >= 0.3 is 59.7 Å². The van der Waals surface area contributed by atoms with Crippen LogP contribution < -0.4 is 0 Å². The monoisotopic (exact) mass is 1470 g/mol. The number of fused-ring (bicyclic) bond motifs is 2. The van der Waals surface area contributed by atoms with Crippen molar-refractivity contribution in [3.8, 4) is 0 Å². The van der Waals surface area contributed by atoms with Crippen LogP contribution in [-0.2, 0) is 114 Å². The van der Waals surface area contributed by atoms with Crippen molar-refractivity contribution >= 4 is 59.7 Å². The third-order valence-corrected chi connectivity index (χ3v) is 21.3. The van der Waals surface area contributed by atoms with Crippen LogP contribution in [0.5, 0.6) is 0 Å². The SMILES string of the molecule is C=CC(=O)OCCCCCCOC1CCC2CC(C(=O)OC3CCC(OCCCCOC(=O)C=C)CC3)CCC2C1C(=O)OC(C(=O)OCCCC)C(OC(=O)C1C(OCCCCCCOC(=O)C=C)CCC2CC(C(=O)OC3CCC(OCCCCOC(=O)C=C)CC3)CCC21)C(=O)OCCCC. The minimum atomic E-state index is -2.10. The minimum Gasteiger partial charge on any atom is -0.463 e. The Hall–Kier alpha value is -6.50. The van der Waals surface area contributed by atoms with Crippen molar-refractivity contribution < 1.29 is 114 Å². The Morgan fingerprint density at radius 3 is 0.952 bits per heavy atom. The van der Waals surface area contributed by atoms with E-state index >= 15 is 9.59 Å². The number of ether oxygens (including phenoxy) is 14. The zero-order valence-corrected chi connectivity index (χ0v) is 62.3. The highest BCUT2D eigenvalue weighted by Crippen LogP contribution is 2.50. The van der Waals surface area contributed by atoms with Crippen molar-refractivity contribution in [1.29, 1.82) is 0 Å². The van der Waals surface area contributed by atoms with E-state index in [0.717, 1.165) is 88.5 Å². The van der Waals surface area contributed by atoms with E-state index in [1.54, 1.807) is 0 Å². The van der Waals surface area contributed by atoms with Crippen LogP contribution in [0.1, 0.15) is 232 Å². The van der Waals surface area contributed by atoms with E-state index in [9.17, 15) is 38.4 Å². The highest BCUT2D eigenvalue weighted by Gasteiger charge is 2.54. The lowest BCUT2D eigenvalue weighted by Crippen LogP contribution is -2.54. The van der Waals surface area contributed by atoms with Gasteiger partial charge in [-0.15, -0.1) is 0 Å². The minimum absolute atomic E-state index is 0.0348. The van der Waals surface area contributed by atoms with Crippen LogP contribution in [0.25, 0.3) is 0 Å². The molecule has 0 aromatic heterocycles. The van der Waals surface area contributed by atoms with E-state index in [0.29, 0.717) is 181 Å². The van der Waals surface area contributed by atoms with Gasteiger partial charge in [-0.3, -0.25) is 19.2 Å². The number of rotatable bonds is 49. The smallest absolute Gasteiger partial charge is 0.352 e. The molecule has 6 aliphatic carbocycles. The molecule has 6 aliphatic rings. The summed E-state index contributed by atoms with van der Waals surface area (Å²) in [5.74, 6) is -10.2. The van der Waals surface area contributed by atoms with Crippen LogP contribution in [0, 0.1) is 47.3 Å². The van der Waals surface area contributed by atoms with Crippen molar-refractivity contribution in [2.75, 3.05) is 66.1 Å². The van der Waals surface area contributed by atoms with Crippen LogP contribution in [0.4, 0.5) is 0 Å². The van der Waals surface area contributed by atoms with Gasteiger partial charge in [0.05, 0.1) is 87.7 Å². The maximum absolute atomic E-state index is 15.6. The molecule has 0 N–H and O–H groups in total. The van der Waals surface area contributed by atoms with Gasteiger partial charge in [0, 0.05) is 50.7 Å². The first kappa shape index (κ1) is 86.4. The summed E-state index contributed by atoms with van der Waals surface area (Å²) in [6.45, 7) is 20.1. The van der Waals surface area contributed by atoms with Gasteiger partial charge in [0.2, 0.25) is 12.2 Å². The summed E-state index contributed by atoms with van der Waals surface area (Å²) >= 11 is 0. The molecule has 0 amide bonds. The van der Waals surface area contributed by atoms with Crippen molar-refractivity contribution in [2.45, 2.75) is 281 Å². The van der Waals surface area contributed by atoms with Gasteiger partial charge in [0.15, 0.2) is 0 Å². The first-order chi connectivity index (χ1) is 50.5. The van der Waals surface area contributed by atoms with Crippen LogP contribution in [0.2, 0.25) is 0 Å². The highest BCUT2D eigenvalue weighted by atomic mass is 16.6. The molecule has 0 bridgehead atoms. The molecule has 0 aromatic rings. The molecular weight excluding hydrogens is 1340 g/mol. The van der Waals surface area contributed by atoms with Gasteiger partial charge in [0.1, 0.15) is 12.2 Å². The van der Waals surface area contributed by atoms with E-state index in [2.05, 4.69) is 26.3 Å². The van der Waals surface area contributed by atoms with E-state index in [1.807, 2.05) is 13.8 Å². The van der Waals surface area contributed by atoms with Gasteiger partial charge < -0.3 is 66.3 Å². The number of hydrogen-bond acceptors (Lipinski definition) is 24. The molecule has 0 saturated heterocycles. The second-order valence-electron chi connectivity index (χ2n) is 28.8. The average Bonchev–Trinajstić information content (AvgIpc) is 0.778. The van der Waals surface area contributed by atoms with Crippen LogP contribution >= 0.6 is 0 Å². The van der Waals surface area contributed by atoms with E-state index < -0.39 is 95.8 Å². The summed E-state index contributed by atoms with van der Waals surface area (Å²) in [6, 6.07) is 0. The molecule has 104 heavy (non-hydrogen) atoms. The van der Waals surface area contributed by atoms with Crippen molar-refractivity contribution in [2.24, 2.45) is 47.3 Å². The summed E-state index contributed by atoms with van der Waals surface area (Å²) in [7, 11) is 0. The maximum Gasteiger partial charge on any atom is 0.352 e. The third kappa shape index (κ3) is 30.4. The fourth-order valence-corrected chi connectivity index (χ4v) is 15.6. The lowest BCUT2D eigenvalue weighted by Gasteiger charge is -2.46. The summed E-state index contributed by atoms with van der Waals surface area (Å²) in [6.07, 6.45) is 19.2. The van der Waals surface area contributed by atoms with Crippen LogP contribution in [0.15, 0.2) is 50.6 Å². The first-order valence-electron chi connectivity index (χ1n) is 39.3. The predicted molar refractivity (Wildman–Crippen MR) is 381 cm³/mol. The maximum atomic E-state index is 15.6. The Bertz CT molecular complexity index is 2500. The molecule has 12 atom stereocenters. The highest BCUT2D eigenvalue weighted by molar-refractivity contribution is 5.90. The van der Waals surface area contributed by atoms with Gasteiger partial charge in [-0.1, -0.05) is 65.8 Å². The molecule has 0 aliphatic heterocycles. The molecule has 6 rings (SSSR count). The van der Waals surface area contributed by atoms with E-state index in [4.69, 9.17) is 66.3 Å². The van der Waals surface area contributed by atoms with Gasteiger partial charge in [-0.25, -0.2) is 28.8 Å². The molecule has 6 saturated carbocycles. The van der Waals surface area contributed by atoms with Gasteiger partial charge in [0.25, 0.3) is 0 Å². The Morgan fingerprint density at radius 2 is 0.615 bits per heavy atom. The van der Waals surface area contributed by atoms with E-state index in [-0.39, 0.29) is 99.7 Å². The second-order valence-corrected chi connectivity index (χ2v) is 28.8. The Balaban J connectivity index is 1.19. The molecule has 0 heterocycles. The molecule has 6 fully saturated rings. The largest absolute Gasteiger partial charge is 0.463 e. The topological polar surface area (TPSA) is 300 Å².